The number of aromatic nitrogens is 1. The number of carbonyl (C=O) groups excluding carboxylic acids is 1. The summed E-state index contributed by atoms with van der Waals surface area (Å²) in [6, 6.07) is 6.46. The zero-order valence-corrected chi connectivity index (χ0v) is 12.9. The maximum atomic E-state index is 14.1. The highest BCUT2D eigenvalue weighted by molar-refractivity contribution is 6.30. The SMILES string of the molecule is O=C(O)c1ccc(C2(C(=O)c3ccc(Cl)cc3F)C=CC=N2)nc1. The van der Waals surface area contributed by atoms with E-state index in [0.29, 0.717) is 0 Å². The summed E-state index contributed by atoms with van der Waals surface area (Å²) in [6.45, 7) is 0. The molecule has 1 aromatic heterocycles. The molecular formula is C17H10ClFN2O3. The van der Waals surface area contributed by atoms with Crippen molar-refractivity contribution in [2.75, 3.05) is 0 Å². The van der Waals surface area contributed by atoms with Crippen LogP contribution >= 0.6 is 11.6 Å². The average molecular weight is 345 g/mol. The smallest absolute Gasteiger partial charge is 0.337 e. The van der Waals surface area contributed by atoms with E-state index in [1.54, 1.807) is 6.08 Å². The summed E-state index contributed by atoms with van der Waals surface area (Å²) < 4.78 is 14.1. The predicted molar refractivity (Wildman–Crippen MR) is 86.2 cm³/mol. The van der Waals surface area contributed by atoms with Gasteiger partial charge in [0.05, 0.1) is 16.8 Å². The van der Waals surface area contributed by atoms with Gasteiger partial charge in [0, 0.05) is 17.4 Å². The van der Waals surface area contributed by atoms with Crippen molar-refractivity contribution in [3.63, 3.8) is 0 Å². The monoisotopic (exact) mass is 344 g/mol. The van der Waals surface area contributed by atoms with Crippen LogP contribution in [0.25, 0.3) is 0 Å². The molecule has 1 aliphatic heterocycles. The second-order valence-electron chi connectivity index (χ2n) is 5.09. The number of carboxylic acid groups (broad SMARTS) is 1. The van der Waals surface area contributed by atoms with Crippen molar-refractivity contribution >= 4 is 29.6 Å². The van der Waals surface area contributed by atoms with E-state index in [2.05, 4.69) is 9.98 Å². The number of ketones is 1. The Morgan fingerprint density at radius 3 is 2.54 bits per heavy atom. The van der Waals surface area contributed by atoms with Gasteiger partial charge in [-0.15, -0.1) is 0 Å². The van der Waals surface area contributed by atoms with Gasteiger partial charge in [0.15, 0.2) is 5.54 Å². The zero-order chi connectivity index (χ0) is 17.3. The van der Waals surface area contributed by atoms with Crippen molar-refractivity contribution in [2.45, 2.75) is 5.54 Å². The van der Waals surface area contributed by atoms with Gasteiger partial charge in [-0.3, -0.25) is 14.8 Å². The minimum absolute atomic E-state index is 0.0232. The summed E-state index contributed by atoms with van der Waals surface area (Å²) in [4.78, 5) is 32.0. The number of allylic oxidation sites excluding steroid dienone is 1. The molecule has 1 aromatic carbocycles. The Kier molecular flexibility index (Phi) is 3.99. The highest BCUT2D eigenvalue weighted by Gasteiger charge is 2.41. The first kappa shape index (κ1) is 16.0. The molecule has 1 unspecified atom stereocenters. The van der Waals surface area contributed by atoms with E-state index in [-0.39, 0.29) is 21.8 Å². The summed E-state index contributed by atoms with van der Waals surface area (Å²) in [5.41, 5.74) is -1.51. The van der Waals surface area contributed by atoms with Crippen LogP contribution in [0.15, 0.2) is 53.7 Å². The average Bonchev–Trinajstić information content (AvgIpc) is 3.05. The lowest BCUT2D eigenvalue weighted by Gasteiger charge is -2.22. The molecule has 0 spiro atoms. The molecule has 1 atom stereocenters. The van der Waals surface area contributed by atoms with Crippen molar-refractivity contribution in [3.05, 3.63) is 76.3 Å². The molecule has 0 saturated carbocycles. The standard InChI is InChI=1S/C17H10ClFN2O3/c18-11-3-4-12(13(19)8-11)15(22)17(6-1-7-21-17)14-5-2-10(9-20-14)16(23)24/h1-9H,(H,23,24). The summed E-state index contributed by atoms with van der Waals surface area (Å²) in [5.74, 6) is -2.51. The van der Waals surface area contributed by atoms with E-state index in [9.17, 15) is 14.0 Å². The van der Waals surface area contributed by atoms with Crippen LogP contribution in [-0.4, -0.2) is 28.1 Å². The normalized spacial score (nSPS) is 18.8. The fourth-order valence-electron chi connectivity index (χ4n) is 2.41. The van der Waals surface area contributed by atoms with Crippen LogP contribution in [0.5, 0.6) is 0 Å². The third-order valence-electron chi connectivity index (χ3n) is 3.62. The van der Waals surface area contributed by atoms with Crippen LogP contribution < -0.4 is 0 Å². The Balaban J connectivity index is 2.09. The number of carbonyl (C=O) groups is 2. The van der Waals surface area contributed by atoms with Gasteiger partial charge >= 0.3 is 5.97 Å². The fraction of sp³-hybridized carbons (Fsp3) is 0.0588. The largest absolute Gasteiger partial charge is 0.478 e. The second-order valence-corrected chi connectivity index (χ2v) is 5.53. The van der Waals surface area contributed by atoms with Gasteiger partial charge in [0.1, 0.15) is 5.82 Å². The molecule has 5 nitrogen and oxygen atoms in total. The topological polar surface area (TPSA) is 79.6 Å². The molecule has 0 bridgehead atoms. The molecule has 1 N–H and O–H groups in total. The maximum absolute atomic E-state index is 14.1. The van der Waals surface area contributed by atoms with Crippen LogP contribution in [0.4, 0.5) is 4.39 Å². The Morgan fingerprint density at radius 2 is 2.00 bits per heavy atom. The molecule has 0 aliphatic carbocycles. The number of benzene rings is 1. The van der Waals surface area contributed by atoms with Crippen molar-refractivity contribution in [3.8, 4) is 0 Å². The number of nitrogens with zero attached hydrogens (tertiary/aromatic N) is 2. The Bertz CT molecular complexity index is 879. The molecule has 0 fully saturated rings. The molecule has 120 valence electrons. The summed E-state index contributed by atoms with van der Waals surface area (Å²) in [6.07, 6.45) is 5.59. The number of rotatable bonds is 4. The molecule has 2 aromatic rings. The predicted octanol–water partition coefficient (Wildman–Crippen LogP) is 3.29. The lowest BCUT2D eigenvalue weighted by atomic mass is 9.86. The van der Waals surface area contributed by atoms with Gasteiger partial charge in [-0.1, -0.05) is 11.6 Å². The van der Waals surface area contributed by atoms with Crippen molar-refractivity contribution in [1.29, 1.82) is 0 Å². The zero-order valence-electron chi connectivity index (χ0n) is 12.1. The second kappa shape index (κ2) is 5.98. The van der Waals surface area contributed by atoms with Crippen molar-refractivity contribution in [2.24, 2.45) is 4.99 Å². The summed E-state index contributed by atoms with van der Waals surface area (Å²) >= 11 is 5.72. The number of carboxylic acids is 1. The molecule has 3 rings (SSSR count). The van der Waals surface area contributed by atoms with Gasteiger partial charge in [-0.25, -0.2) is 9.18 Å². The maximum Gasteiger partial charge on any atom is 0.337 e. The number of Topliss-reactive ketones (excluding diaryl/α,β-unsaturated/α-hetero) is 1. The molecule has 0 saturated heterocycles. The first-order valence-electron chi connectivity index (χ1n) is 6.87. The lowest BCUT2D eigenvalue weighted by Crippen LogP contribution is -2.32. The third kappa shape index (κ3) is 2.61. The van der Waals surface area contributed by atoms with E-state index in [0.717, 1.165) is 12.3 Å². The minimum Gasteiger partial charge on any atom is -0.478 e. The highest BCUT2D eigenvalue weighted by atomic mass is 35.5. The lowest BCUT2D eigenvalue weighted by molar-refractivity contribution is 0.0696. The van der Waals surface area contributed by atoms with Gasteiger partial charge in [0.2, 0.25) is 5.78 Å². The Labute approximate surface area is 141 Å². The summed E-state index contributed by atoms with van der Waals surface area (Å²) in [5, 5.41) is 9.12. The quantitative estimate of drug-likeness (QED) is 0.863. The first-order valence-corrected chi connectivity index (χ1v) is 7.24. The number of aliphatic imine (C=N–C) groups is 1. The highest BCUT2D eigenvalue weighted by Crippen LogP contribution is 2.34. The van der Waals surface area contributed by atoms with Crippen LogP contribution in [0.1, 0.15) is 26.4 Å². The molecule has 24 heavy (non-hydrogen) atoms. The van der Waals surface area contributed by atoms with Crippen LogP contribution in [0, 0.1) is 5.82 Å². The van der Waals surface area contributed by atoms with Gasteiger partial charge in [-0.2, -0.15) is 0 Å². The fourth-order valence-corrected chi connectivity index (χ4v) is 2.57. The van der Waals surface area contributed by atoms with Gasteiger partial charge in [-0.05, 0) is 42.5 Å². The number of pyridine rings is 1. The first-order chi connectivity index (χ1) is 11.4. The molecule has 1 aliphatic rings. The number of hydrogen-bond acceptors (Lipinski definition) is 4. The number of hydrogen-bond donors (Lipinski definition) is 1. The van der Waals surface area contributed by atoms with E-state index < -0.39 is 23.1 Å². The third-order valence-corrected chi connectivity index (χ3v) is 3.86. The number of halogens is 2. The van der Waals surface area contributed by atoms with Gasteiger partial charge in [0.25, 0.3) is 0 Å². The number of aromatic carboxylic acids is 1. The molecule has 0 radical (unpaired) electrons. The Hall–Kier alpha value is -2.86. The molecule has 2 heterocycles. The van der Waals surface area contributed by atoms with Crippen LogP contribution in [-0.2, 0) is 5.54 Å². The van der Waals surface area contributed by atoms with Crippen LogP contribution in [0.2, 0.25) is 5.02 Å². The molecule has 0 amide bonds. The van der Waals surface area contributed by atoms with Crippen molar-refractivity contribution in [1.82, 2.24) is 4.98 Å². The molecular weight excluding hydrogens is 335 g/mol. The summed E-state index contributed by atoms with van der Waals surface area (Å²) in [7, 11) is 0. The van der Waals surface area contributed by atoms with E-state index in [1.165, 1.54) is 36.6 Å². The minimum atomic E-state index is -1.52. The Morgan fingerprint density at radius 1 is 1.21 bits per heavy atom. The van der Waals surface area contributed by atoms with E-state index in [4.69, 9.17) is 16.7 Å². The van der Waals surface area contributed by atoms with E-state index in [1.807, 2.05) is 0 Å². The van der Waals surface area contributed by atoms with Gasteiger partial charge < -0.3 is 5.11 Å². The van der Waals surface area contributed by atoms with E-state index >= 15 is 0 Å². The molecule has 7 heteroatoms. The van der Waals surface area contributed by atoms with Crippen LogP contribution in [0.3, 0.4) is 0 Å². The van der Waals surface area contributed by atoms with Crippen molar-refractivity contribution < 1.29 is 19.1 Å².